The summed E-state index contributed by atoms with van der Waals surface area (Å²) in [7, 11) is 0. The summed E-state index contributed by atoms with van der Waals surface area (Å²) in [6.45, 7) is 8.48. The smallest absolute Gasteiger partial charge is 0.222 e. The lowest BCUT2D eigenvalue weighted by molar-refractivity contribution is -0.124. The number of carbonyl (C=O) groups is 2. The van der Waals surface area contributed by atoms with Crippen LogP contribution in [-0.2, 0) is 19.1 Å². The van der Waals surface area contributed by atoms with Crippen molar-refractivity contribution in [2.45, 2.75) is 27.2 Å². The van der Waals surface area contributed by atoms with Crippen molar-refractivity contribution < 1.29 is 19.1 Å². The summed E-state index contributed by atoms with van der Waals surface area (Å²) in [5, 5.41) is 5.47. The molecule has 19 heavy (non-hydrogen) atoms. The molecule has 0 aliphatic carbocycles. The van der Waals surface area contributed by atoms with Crippen LogP contribution in [0.25, 0.3) is 0 Å². The van der Waals surface area contributed by atoms with Gasteiger partial charge in [-0.15, -0.1) is 0 Å². The zero-order chi connectivity index (χ0) is 14.5. The summed E-state index contributed by atoms with van der Waals surface area (Å²) in [4.78, 5) is 22.1. The second-order valence-corrected chi connectivity index (χ2v) is 4.37. The molecule has 0 atom stereocenters. The van der Waals surface area contributed by atoms with Crippen molar-refractivity contribution in [1.82, 2.24) is 10.6 Å². The Labute approximate surface area is 115 Å². The fraction of sp³-hybridized carbons (Fsp3) is 0.846. The summed E-state index contributed by atoms with van der Waals surface area (Å²) in [6, 6.07) is 0. The van der Waals surface area contributed by atoms with Crippen LogP contribution in [0.1, 0.15) is 27.2 Å². The number of rotatable bonds is 11. The summed E-state index contributed by atoms with van der Waals surface area (Å²) in [5.41, 5.74) is 0. The second kappa shape index (κ2) is 11.9. The first-order chi connectivity index (χ1) is 9.07. The molecule has 0 aromatic rings. The highest BCUT2D eigenvalue weighted by molar-refractivity contribution is 5.77. The van der Waals surface area contributed by atoms with Crippen molar-refractivity contribution in [1.29, 1.82) is 0 Å². The molecule has 0 rings (SSSR count). The first-order valence-electron chi connectivity index (χ1n) is 6.77. The van der Waals surface area contributed by atoms with Crippen molar-refractivity contribution in [3.63, 3.8) is 0 Å². The monoisotopic (exact) mass is 274 g/mol. The Morgan fingerprint density at radius 1 is 0.947 bits per heavy atom. The van der Waals surface area contributed by atoms with Crippen LogP contribution in [0, 0.1) is 5.92 Å². The molecule has 112 valence electrons. The fourth-order valence-electron chi connectivity index (χ4n) is 1.16. The zero-order valence-corrected chi connectivity index (χ0v) is 12.2. The lowest BCUT2D eigenvalue weighted by Crippen LogP contribution is -2.31. The molecule has 0 saturated heterocycles. The first kappa shape index (κ1) is 17.9. The average molecular weight is 274 g/mol. The lowest BCUT2D eigenvalue weighted by Gasteiger charge is -2.08. The summed E-state index contributed by atoms with van der Waals surface area (Å²) in [6.07, 6.45) is 0.491. The molecule has 6 heteroatoms. The van der Waals surface area contributed by atoms with Gasteiger partial charge in [0.2, 0.25) is 11.8 Å². The molecular formula is C13H26N2O4. The fourth-order valence-corrected chi connectivity index (χ4v) is 1.16. The van der Waals surface area contributed by atoms with E-state index in [9.17, 15) is 9.59 Å². The average Bonchev–Trinajstić information content (AvgIpc) is 2.39. The van der Waals surface area contributed by atoms with Gasteiger partial charge in [0.1, 0.15) is 0 Å². The number of nitrogens with one attached hydrogen (secondary N) is 2. The number of amides is 2. The quantitative estimate of drug-likeness (QED) is 0.532. The molecule has 0 saturated carbocycles. The van der Waals surface area contributed by atoms with Gasteiger partial charge in [-0.2, -0.15) is 0 Å². The standard InChI is InChI=1S/C13H26N2O4/c1-4-12(16)14-5-7-18-9-10-19-8-6-15-13(17)11(2)3/h11H,4-10H2,1-3H3,(H,14,16)(H,15,17). The van der Waals surface area contributed by atoms with Crippen LogP contribution in [0.3, 0.4) is 0 Å². The topological polar surface area (TPSA) is 76.7 Å². The van der Waals surface area contributed by atoms with E-state index in [4.69, 9.17) is 9.47 Å². The van der Waals surface area contributed by atoms with E-state index in [-0.39, 0.29) is 17.7 Å². The van der Waals surface area contributed by atoms with Gasteiger partial charge in [-0.3, -0.25) is 9.59 Å². The second-order valence-electron chi connectivity index (χ2n) is 4.37. The van der Waals surface area contributed by atoms with Crippen molar-refractivity contribution in [2.75, 3.05) is 39.5 Å². The first-order valence-corrected chi connectivity index (χ1v) is 6.77. The molecular weight excluding hydrogens is 248 g/mol. The van der Waals surface area contributed by atoms with E-state index in [1.807, 2.05) is 20.8 Å². The minimum absolute atomic E-state index is 0.00154. The van der Waals surface area contributed by atoms with Crippen molar-refractivity contribution in [3.05, 3.63) is 0 Å². The summed E-state index contributed by atoms with van der Waals surface area (Å²) in [5.74, 6) is 0.0638. The van der Waals surface area contributed by atoms with Crippen LogP contribution >= 0.6 is 0 Å². The number of hydrogen-bond donors (Lipinski definition) is 2. The van der Waals surface area contributed by atoms with Gasteiger partial charge in [-0.05, 0) is 0 Å². The Balaban J connectivity index is 3.15. The van der Waals surface area contributed by atoms with Crippen LogP contribution in [-0.4, -0.2) is 51.3 Å². The van der Waals surface area contributed by atoms with E-state index in [1.165, 1.54) is 0 Å². The molecule has 0 aromatic heterocycles. The molecule has 0 bridgehead atoms. The Bertz CT molecular complexity index is 257. The van der Waals surface area contributed by atoms with Gasteiger partial charge in [0.25, 0.3) is 0 Å². The molecule has 0 heterocycles. The third kappa shape index (κ3) is 11.7. The lowest BCUT2D eigenvalue weighted by atomic mass is 10.2. The molecule has 0 radical (unpaired) electrons. The molecule has 0 unspecified atom stereocenters. The predicted molar refractivity (Wildman–Crippen MR) is 72.8 cm³/mol. The third-order valence-electron chi connectivity index (χ3n) is 2.33. The van der Waals surface area contributed by atoms with Crippen molar-refractivity contribution >= 4 is 11.8 Å². The van der Waals surface area contributed by atoms with Gasteiger partial charge >= 0.3 is 0 Å². The van der Waals surface area contributed by atoms with E-state index in [0.717, 1.165) is 0 Å². The van der Waals surface area contributed by atoms with E-state index in [1.54, 1.807) is 0 Å². The van der Waals surface area contributed by atoms with Gasteiger partial charge in [-0.1, -0.05) is 20.8 Å². The Hall–Kier alpha value is -1.14. The minimum atomic E-state index is 0.00154. The normalized spacial score (nSPS) is 10.5. The van der Waals surface area contributed by atoms with Crippen LogP contribution in [0.4, 0.5) is 0 Å². The van der Waals surface area contributed by atoms with E-state index >= 15 is 0 Å². The van der Waals surface area contributed by atoms with E-state index in [0.29, 0.717) is 45.9 Å². The third-order valence-corrected chi connectivity index (χ3v) is 2.33. The molecule has 2 amide bonds. The van der Waals surface area contributed by atoms with Crippen LogP contribution < -0.4 is 10.6 Å². The van der Waals surface area contributed by atoms with Crippen LogP contribution in [0.5, 0.6) is 0 Å². The maximum atomic E-state index is 11.2. The molecule has 2 N–H and O–H groups in total. The summed E-state index contributed by atoms with van der Waals surface area (Å²) >= 11 is 0. The van der Waals surface area contributed by atoms with Gasteiger partial charge in [0, 0.05) is 25.4 Å². The molecule has 0 aliphatic rings. The molecule has 0 aliphatic heterocycles. The largest absolute Gasteiger partial charge is 0.377 e. The number of carbonyl (C=O) groups excluding carboxylic acids is 2. The molecule has 0 aromatic carbocycles. The van der Waals surface area contributed by atoms with Gasteiger partial charge in [-0.25, -0.2) is 0 Å². The number of hydrogen-bond acceptors (Lipinski definition) is 4. The predicted octanol–water partition coefficient (Wildman–Crippen LogP) is 0.318. The Morgan fingerprint density at radius 2 is 1.47 bits per heavy atom. The van der Waals surface area contributed by atoms with Gasteiger partial charge in [0.05, 0.1) is 26.4 Å². The van der Waals surface area contributed by atoms with E-state index < -0.39 is 0 Å². The number of ether oxygens (including phenoxy) is 2. The maximum Gasteiger partial charge on any atom is 0.222 e. The molecule has 6 nitrogen and oxygen atoms in total. The van der Waals surface area contributed by atoms with Crippen LogP contribution in [0.15, 0.2) is 0 Å². The Kier molecular flexibility index (Phi) is 11.2. The molecule has 0 spiro atoms. The van der Waals surface area contributed by atoms with Gasteiger partial charge in [0.15, 0.2) is 0 Å². The van der Waals surface area contributed by atoms with Crippen LogP contribution in [0.2, 0.25) is 0 Å². The SMILES string of the molecule is CCC(=O)NCCOCCOCCNC(=O)C(C)C. The zero-order valence-electron chi connectivity index (χ0n) is 12.2. The Morgan fingerprint density at radius 3 is 1.95 bits per heavy atom. The summed E-state index contributed by atoms with van der Waals surface area (Å²) < 4.78 is 10.6. The molecule has 0 fully saturated rings. The maximum absolute atomic E-state index is 11.2. The van der Waals surface area contributed by atoms with Crippen molar-refractivity contribution in [3.8, 4) is 0 Å². The van der Waals surface area contributed by atoms with Crippen molar-refractivity contribution in [2.24, 2.45) is 5.92 Å². The highest BCUT2D eigenvalue weighted by atomic mass is 16.5. The van der Waals surface area contributed by atoms with Gasteiger partial charge < -0.3 is 20.1 Å². The van der Waals surface area contributed by atoms with E-state index in [2.05, 4.69) is 10.6 Å². The highest BCUT2D eigenvalue weighted by Gasteiger charge is 2.04. The minimum Gasteiger partial charge on any atom is -0.377 e. The highest BCUT2D eigenvalue weighted by Crippen LogP contribution is 1.89.